The van der Waals surface area contributed by atoms with Crippen molar-refractivity contribution in [2.24, 2.45) is 5.41 Å². The molecule has 0 radical (unpaired) electrons. The second-order valence-electron chi connectivity index (χ2n) is 6.45. The number of benzene rings is 1. The second kappa shape index (κ2) is 5.61. The molecule has 116 valence electrons. The van der Waals surface area contributed by atoms with Gasteiger partial charge in [-0.15, -0.1) is 0 Å². The van der Waals surface area contributed by atoms with E-state index >= 15 is 0 Å². The summed E-state index contributed by atoms with van der Waals surface area (Å²) >= 11 is 0. The van der Waals surface area contributed by atoms with Crippen LogP contribution in [0.4, 0.5) is 5.69 Å². The van der Waals surface area contributed by atoms with Crippen LogP contribution in [0.25, 0.3) is 0 Å². The second-order valence-corrected chi connectivity index (χ2v) is 8.13. The highest BCUT2D eigenvalue weighted by atomic mass is 32.2. The van der Waals surface area contributed by atoms with E-state index in [0.717, 1.165) is 31.5 Å². The van der Waals surface area contributed by atoms with Gasteiger partial charge >= 0.3 is 0 Å². The molecule has 2 aliphatic rings. The van der Waals surface area contributed by atoms with Crippen LogP contribution in [0.1, 0.15) is 45.4 Å². The van der Waals surface area contributed by atoms with Gasteiger partial charge in [0.05, 0.1) is 5.69 Å². The number of rotatable bonds is 7. The molecule has 0 saturated heterocycles. The molecule has 0 bridgehead atoms. The molecule has 0 aliphatic heterocycles. The van der Waals surface area contributed by atoms with E-state index in [1.54, 1.807) is 12.1 Å². The van der Waals surface area contributed by atoms with Crippen LogP contribution in [-0.4, -0.2) is 21.0 Å². The Kier molecular flexibility index (Phi) is 3.97. The zero-order valence-corrected chi connectivity index (χ0v) is 13.4. The van der Waals surface area contributed by atoms with E-state index in [0.29, 0.717) is 10.3 Å². The average Bonchev–Trinajstić information content (AvgIpc) is 3.22. The summed E-state index contributed by atoms with van der Waals surface area (Å²) in [4.78, 5) is 0.377. The van der Waals surface area contributed by atoms with E-state index in [1.807, 2.05) is 12.1 Å². The zero-order valence-electron chi connectivity index (χ0n) is 12.6. The highest BCUT2D eigenvalue weighted by Gasteiger charge is 2.35. The highest BCUT2D eigenvalue weighted by molar-refractivity contribution is 7.89. The molecular formula is C16H24N2O2S. The van der Waals surface area contributed by atoms with Crippen LogP contribution >= 0.6 is 0 Å². The number of anilines is 1. The maximum atomic E-state index is 12.4. The predicted octanol–water partition coefficient (Wildman–Crippen LogP) is 3.12. The molecule has 5 heteroatoms. The topological polar surface area (TPSA) is 58.2 Å². The largest absolute Gasteiger partial charge is 0.383 e. The lowest BCUT2D eigenvalue weighted by atomic mass is 9.67. The van der Waals surface area contributed by atoms with Gasteiger partial charge in [-0.05, 0) is 49.7 Å². The van der Waals surface area contributed by atoms with Crippen LogP contribution in [0.15, 0.2) is 29.2 Å². The highest BCUT2D eigenvalue weighted by Crippen LogP contribution is 2.44. The van der Waals surface area contributed by atoms with Crippen molar-refractivity contribution in [3.8, 4) is 0 Å². The van der Waals surface area contributed by atoms with Crippen LogP contribution in [0.3, 0.4) is 0 Å². The Bertz CT molecular complexity index is 599. The lowest BCUT2D eigenvalue weighted by molar-refractivity contribution is 0.145. The Morgan fingerprint density at radius 3 is 2.52 bits per heavy atom. The first-order chi connectivity index (χ1) is 10.0. The summed E-state index contributed by atoms with van der Waals surface area (Å²) in [7, 11) is -3.40. The first kappa shape index (κ1) is 14.9. The average molecular weight is 308 g/mol. The zero-order chi connectivity index (χ0) is 14.9. The van der Waals surface area contributed by atoms with Gasteiger partial charge in [-0.25, -0.2) is 13.1 Å². The van der Waals surface area contributed by atoms with Crippen molar-refractivity contribution in [3.63, 3.8) is 0 Å². The molecule has 0 unspecified atom stereocenters. The summed E-state index contributed by atoms with van der Waals surface area (Å²) in [6.45, 7) is 3.08. The first-order valence-electron chi connectivity index (χ1n) is 7.90. The van der Waals surface area contributed by atoms with Crippen LogP contribution in [0.2, 0.25) is 0 Å². The first-order valence-corrected chi connectivity index (χ1v) is 9.38. The van der Waals surface area contributed by atoms with Crippen LogP contribution in [0, 0.1) is 5.41 Å². The molecule has 4 nitrogen and oxygen atoms in total. The summed E-state index contributed by atoms with van der Waals surface area (Å²) in [6.07, 6.45) is 6.83. The van der Waals surface area contributed by atoms with Crippen molar-refractivity contribution >= 4 is 15.7 Å². The predicted molar refractivity (Wildman–Crippen MR) is 84.9 cm³/mol. The normalized spacial score (nSPS) is 20.8. The third kappa shape index (κ3) is 3.24. The van der Waals surface area contributed by atoms with Gasteiger partial charge < -0.3 is 5.32 Å². The van der Waals surface area contributed by atoms with Gasteiger partial charge in [-0.2, -0.15) is 0 Å². The Hall–Kier alpha value is -1.07. The maximum Gasteiger partial charge on any atom is 0.242 e. The molecular weight excluding hydrogens is 284 g/mol. The van der Waals surface area contributed by atoms with Crippen molar-refractivity contribution < 1.29 is 8.42 Å². The molecule has 0 heterocycles. The van der Waals surface area contributed by atoms with Gasteiger partial charge in [0.25, 0.3) is 0 Å². The number of para-hydroxylation sites is 1. The molecule has 3 rings (SSSR count). The van der Waals surface area contributed by atoms with Crippen molar-refractivity contribution in [2.75, 3.05) is 11.9 Å². The Morgan fingerprint density at radius 2 is 1.95 bits per heavy atom. The molecule has 2 N–H and O–H groups in total. The third-order valence-corrected chi connectivity index (χ3v) is 6.47. The van der Waals surface area contributed by atoms with Crippen LogP contribution in [0.5, 0.6) is 0 Å². The van der Waals surface area contributed by atoms with Gasteiger partial charge in [-0.3, -0.25) is 0 Å². The van der Waals surface area contributed by atoms with Crippen molar-refractivity contribution in [2.45, 2.75) is 56.4 Å². The lowest BCUT2D eigenvalue weighted by Gasteiger charge is -2.41. The van der Waals surface area contributed by atoms with Crippen LogP contribution in [-0.2, 0) is 10.0 Å². The molecule has 21 heavy (non-hydrogen) atoms. The number of sulfonamides is 1. The monoisotopic (exact) mass is 308 g/mol. The van der Waals surface area contributed by atoms with Gasteiger partial charge in [0.15, 0.2) is 0 Å². The van der Waals surface area contributed by atoms with E-state index in [2.05, 4.69) is 17.0 Å². The molecule has 2 aliphatic carbocycles. The van der Waals surface area contributed by atoms with Crippen molar-refractivity contribution in [1.29, 1.82) is 0 Å². The third-order valence-electron chi connectivity index (χ3n) is 4.89. The fourth-order valence-corrected chi connectivity index (χ4v) is 4.43. The molecule has 0 spiro atoms. The minimum absolute atomic E-state index is 0.136. The lowest BCUT2D eigenvalue weighted by Crippen LogP contribution is -2.36. The van der Waals surface area contributed by atoms with E-state index < -0.39 is 10.0 Å². The van der Waals surface area contributed by atoms with Gasteiger partial charge in [0, 0.05) is 12.6 Å². The Labute approximate surface area is 127 Å². The van der Waals surface area contributed by atoms with Crippen molar-refractivity contribution in [3.05, 3.63) is 24.3 Å². The number of nitrogens with one attached hydrogen (secondary N) is 2. The maximum absolute atomic E-state index is 12.4. The Morgan fingerprint density at radius 1 is 1.24 bits per heavy atom. The molecule has 2 saturated carbocycles. The number of hydrogen-bond donors (Lipinski definition) is 2. The van der Waals surface area contributed by atoms with Gasteiger partial charge in [0.2, 0.25) is 10.0 Å². The molecule has 0 atom stereocenters. The summed E-state index contributed by atoms with van der Waals surface area (Å²) in [5, 5.41) is 3.39. The fraction of sp³-hybridized carbons (Fsp3) is 0.625. The van der Waals surface area contributed by atoms with Crippen molar-refractivity contribution in [1.82, 2.24) is 4.72 Å². The SMILES string of the molecule is CCC1(CNc2ccccc2S(=O)(=O)NC2CC2)CCC1. The van der Waals surface area contributed by atoms with Gasteiger partial charge in [-0.1, -0.05) is 25.5 Å². The summed E-state index contributed by atoms with van der Waals surface area (Å²) < 4.78 is 27.6. The minimum atomic E-state index is -3.40. The summed E-state index contributed by atoms with van der Waals surface area (Å²) in [5.41, 5.74) is 1.09. The molecule has 2 fully saturated rings. The van der Waals surface area contributed by atoms with Gasteiger partial charge in [0.1, 0.15) is 4.90 Å². The van der Waals surface area contributed by atoms with E-state index in [1.165, 1.54) is 19.3 Å². The minimum Gasteiger partial charge on any atom is -0.383 e. The van der Waals surface area contributed by atoms with E-state index in [-0.39, 0.29) is 6.04 Å². The quantitative estimate of drug-likeness (QED) is 0.813. The Balaban J connectivity index is 1.76. The molecule has 1 aromatic carbocycles. The molecule has 1 aromatic rings. The summed E-state index contributed by atoms with van der Waals surface area (Å²) in [5.74, 6) is 0. The van der Waals surface area contributed by atoms with E-state index in [9.17, 15) is 8.42 Å². The van der Waals surface area contributed by atoms with Crippen LogP contribution < -0.4 is 10.0 Å². The number of hydrogen-bond acceptors (Lipinski definition) is 3. The fourth-order valence-electron chi connectivity index (χ4n) is 2.95. The summed E-state index contributed by atoms with van der Waals surface area (Å²) in [6, 6.07) is 7.36. The molecule has 0 aromatic heterocycles. The van der Waals surface area contributed by atoms with E-state index in [4.69, 9.17) is 0 Å². The standard InChI is InChI=1S/C16H24N2O2S/c1-2-16(10-5-11-16)12-17-14-6-3-4-7-15(14)21(19,20)18-13-8-9-13/h3-4,6-7,13,17-18H,2,5,8-12H2,1H3. The smallest absolute Gasteiger partial charge is 0.242 e. The molecule has 0 amide bonds.